The normalized spacial score (nSPS) is 10.4. The van der Waals surface area contributed by atoms with Gasteiger partial charge in [-0.1, -0.05) is 5.16 Å². The van der Waals surface area contributed by atoms with Crippen molar-refractivity contribution in [3.05, 3.63) is 18.3 Å². The van der Waals surface area contributed by atoms with Gasteiger partial charge in [-0.15, -0.1) is 11.8 Å². The zero-order valence-corrected chi connectivity index (χ0v) is 11.2. The second kappa shape index (κ2) is 5.22. The maximum atomic E-state index is 5.78. The first kappa shape index (κ1) is 12.6. The van der Waals surface area contributed by atoms with Crippen molar-refractivity contribution in [2.24, 2.45) is 0 Å². The average molecular weight is 266 g/mol. The number of anilines is 1. The van der Waals surface area contributed by atoms with Gasteiger partial charge in [0.15, 0.2) is 0 Å². The SMILES string of the molecule is COc1ccc(OC)c(-c2cnoc2N)c1SC. The van der Waals surface area contributed by atoms with Gasteiger partial charge in [0.1, 0.15) is 11.5 Å². The summed E-state index contributed by atoms with van der Waals surface area (Å²) in [4.78, 5) is 0.937. The second-order valence-corrected chi connectivity index (χ2v) is 4.30. The van der Waals surface area contributed by atoms with Crippen molar-refractivity contribution >= 4 is 17.6 Å². The fourth-order valence-electron chi connectivity index (χ4n) is 1.77. The molecular formula is C12H14N2O3S. The predicted octanol–water partition coefficient (Wildman–Crippen LogP) is 2.66. The van der Waals surface area contributed by atoms with Crippen LogP contribution in [0.15, 0.2) is 27.7 Å². The van der Waals surface area contributed by atoms with E-state index in [0.717, 1.165) is 16.2 Å². The molecule has 96 valence electrons. The number of hydrogen-bond donors (Lipinski definition) is 1. The number of nitrogens with zero attached hydrogens (tertiary/aromatic N) is 1. The molecule has 1 aromatic heterocycles. The topological polar surface area (TPSA) is 70.5 Å². The van der Waals surface area contributed by atoms with Crippen molar-refractivity contribution in [3.63, 3.8) is 0 Å². The van der Waals surface area contributed by atoms with Crippen LogP contribution in [0, 0.1) is 0 Å². The van der Waals surface area contributed by atoms with Crippen LogP contribution in [0.25, 0.3) is 11.1 Å². The maximum absolute atomic E-state index is 5.78. The lowest BCUT2D eigenvalue weighted by Gasteiger charge is -2.14. The van der Waals surface area contributed by atoms with Gasteiger partial charge in [-0.05, 0) is 18.4 Å². The van der Waals surface area contributed by atoms with Crippen LogP contribution in [0.3, 0.4) is 0 Å². The molecular weight excluding hydrogens is 252 g/mol. The first-order valence-corrected chi connectivity index (χ1v) is 6.44. The summed E-state index contributed by atoms with van der Waals surface area (Å²) in [5.74, 6) is 1.73. The fourth-order valence-corrected chi connectivity index (χ4v) is 2.54. The van der Waals surface area contributed by atoms with Crippen molar-refractivity contribution in [2.45, 2.75) is 4.90 Å². The van der Waals surface area contributed by atoms with Crippen LogP contribution in [-0.2, 0) is 0 Å². The van der Waals surface area contributed by atoms with E-state index in [1.807, 2.05) is 18.4 Å². The summed E-state index contributed by atoms with van der Waals surface area (Å²) in [5, 5.41) is 3.70. The number of methoxy groups -OCH3 is 2. The molecule has 0 aliphatic heterocycles. The van der Waals surface area contributed by atoms with Crippen molar-refractivity contribution < 1.29 is 14.0 Å². The van der Waals surface area contributed by atoms with Crippen molar-refractivity contribution in [3.8, 4) is 22.6 Å². The number of nitrogens with two attached hydrogens (primary N) is 1. The third-order valence-electron chi connectivity index (χ3n) is 2.59. The molecule has 0 unspecified atom stereocenters. The van der Waals surface area contributed by atoms with Gasteiger partial charge >= 0.3 is 0 Å². The standard InChI is InChI=1S/C12H14N2O3S/c1-15-8-4-5-9(16-2)11(18-3)10(8)7-6-14-17-12(7)13/h4-6H,13H2,1-3H3. The molecule has 18 heavy (non-hydrogen) atoms. The molecule has 0 fully saturated rings. The molecule has 0 spiro atoms. The van der Waals surface area contributed by atoms with E-state index in [4.69, 9.17) is 19.7 Å². The van der Waals surface area contributed by atoms with Gasteiger partial charge in [-0.3, -0.25) is 0 Å². The summed E-state index contributed by atoms with van der Waals surface area (Å²) < 4.78 is 15.6. The molecule has 2 N–H and O–H groups in total. The Morgan fingerprint density at radius 2 is 1.89 bits per heavy atom. The monoisotopic (exact) mass is 266 g/mol. The number of aromatic nitrogens is 1. The highest BCUT2D eigenvalue weighted by Crippen LogP contribution is 2.45. The van der Waals surface area contributed by atoms with Gasteiger partial charge in [-0.25, -0.2) is 0 Å². The molecule has 0 saturated carbocycles. The predicted molar refractivity (Wildman–Crippen MR) is 71.2 cm³/mol. The molecule has 1 heterocycles. The third-order valence-corrected chi connectivity index (χ3v) is 3.41. The van der Waals surface area contributed by atoms with E-state index in [2.05, 4.69) is 5.16 Å². The molecule has 0 saturated heterocycles. The molecule has 0 aliphatic carbocycles. The molecule has 1 aromatic carbocycles. The molecule has 0 aliphatic rings. The Labute approximate surface area is 109 Å². The number of benzene rings is 1. The molecule has 0 amide bonds. The lowest BCUT2D eigenvalue weighted by atomic mass is 10.1. The Balaban J connectivity index is 2.73. The quantitative estimate of drug-likeness (QED) is 0.858. The van der Waals surface area contributed by atoms with Gasteiger partial charge in [0.25, 0.3) is 0 Å². The summed E-state index contributed by atoms with van der Waals surface area (Å²) in [6, 6.07) is 3.69. The number of hydrogen-bond acceptors (Lipinski definition) is 6. The van der Waals surface area contributed by atoms with E-state index in [9.17, 15) is 0 Å². The third kappa shape index (κ3) is 1.99. The lowest BCUT2D eigenvalue weighted by molar-refractivity contribution is 0.395. The number of nitrogen functional groups attached to an aromatic ring is 1. The highest BCUT2D eigenvalue weighted by Gasteiger charge is 2.20. The Morgan fingerprint density at radius 1 is 1.22 bits per heavy atom. The van der Waals surface area contributed by atoms with Crippen LogP contribution < -0.4 is 15.2 Å². The first-order valence-electron chi connectivity index (χ1n) is 5.22. The zero-order chi connectivity index (χ0) is 13.1. The number of rotatable bonds is 4. The van der Waals surface area contributed by atoms with Crippen LogP contribution in [0.4, 0.5) is 5.88 Å². The van der Waals surface area contributed by atoms with E-state index in [0.29, 0.717) is 11.3 Å². The highest BCUT2D eigenvalue weighted by molar-refractivity contribution is 7.98. The minimum Gasteiger partial charge on any atom is -0.496 e. The minimum absolute atomic E-state index is 0.261. The first-order chi connectivity index (χ1) is 8.72. The Kier molecular flexibility index (Phi) is 3.66. The summed E-state index contributed by atoms with van der Waals surface area (Å²) in [7, 11) is 3.24. The van der Waals surface area contributed by atoms with Crippen molar-refractivity contribution in [1.29, 1.82) is 0 Å². The molecule has 2 rings (SSSR count). The molecule has 5 nitrogen and oxygen atoms in total. The van der Waals surface area contributed by atoms with E-state index < -0.39 is 0 Å². The minimum atomic E-state index is 0.261. The Hall–Kier alpha value is -1.82. The van der Waals surface area contributed by atoms with E-state index in [-0.39, 0.29) is 5.88 Å². The fraction of sp³-hybridized carbons (Fsp3) is 0.250. The Bertz CT molecular complexity index is 554. The molecule has 6 heteroatoms. The summed E-state index contributed by atoms with van der Waals surface area (Å²) in [6.07, 6.45) is 3.54. The molecule has 0 bridgehead atoms. The molecule has 0 radical (unpaired) electrons. The largest absolute Gasteiger partial charge is 0.496 e. The van der Waals surface area contributed by atoms with E-state index in [1.165, 1.54) is 0 Å². The molecule has 2 aromatic rings. The van der Waals surface area contributed by atoms with Gasteiger partial charge in [0, 0.05) is 5.56 Å². The molecule has 0 atom stereocenters. The van der Waals surface area contributed by atoms with Crippen molar-refractivity contribution in [2.75, 3.05) is 26.2 Å². The van der Waals surface area contributed by atoms with Crippen LogP contribution in [0.2, 0.25) is 0 Å². The summed E-state index contributed by atoms with van der Waals surface area (Å²) >= 11 is 1.55. The van der Waals surface area contributed by atoms with Crippen LogP contribution in [-0.4, -0.2) is 25.6 Å². The second-order valence-electron chi connectivity index (χ2n) is 3.48. The summed E-state index contributed by atoms with van der Waals surface area (Å²) in [5.41, 5.74) is 7.32. The average Bonchev–Trinajstić information content (AvgIpc) is 2.82. The van der Waals surface area contributed by atoms with Crippen LogP contribution in [0.5, 0.6) is 11.5 Å². The zero-order valence-electron chi connectivity index (χ0n) is 10.4. The number of thioether (sulfide) groups is 1. The van der Waals surface area contributed by atoms with Gasteiger partial charge in [0.2, 0.25) is 5.88 Å². The van der Waals surface area contributed by atoms with Crippen molar-refractivity contribution in [1.82, 2.24) is 5.16 Å². The van der Waals surface area contributed by atoms with E-state index >= 15 is 0 Å². The van der Waals surface area contributed by atoms with Crippen LogP contribution in [0.1, 0.15) is 0 Å². The van der Waals surface area contributed by atoms with Gasteiger partial charge in [-0.2, -0.15) is 0 Å². The van der Waals surface area contributed by atoms with E-state index in [1.54, 1.807) is 32.2 Å². The van der Waals surface area contributed by atoms with Crippen LogP contribution >= 0.6 is 11.8 Å². The number of ether oxygens (including phenoxy) is 2. The van der Waals surface area contributed by atoms with Gasteiger partial charge < -0.3 is 19.7 Å². The highest BCUT2D eigenvalue weighted by atomic mass is 32.2. The van der Waals surface area contributed by atoms with Gasteiger partial charge in [0.05, 0.1) is 30.9 Å². The Morgan fingerprint density at radius 3 is 2.39 bits per heavy atom. The smallest absolute Gasteiger partial charge is 0.230 e. The maximum Gasteiger partial charge on any atom is 0.230 e. The summed E-state index contributed by atoms with van der Waals surface area (Å²) in [6.45, 7) is 0. The lowest BCUT2D eigenvalue weighted by Crippen LogP contribution is -1.95.